The lowest BCUT2D eigenvalue weighted by Gasteiger charge is -2.06. The monoisotopic (exact) mass is 278 g/mol. The van der Waals surface area contributed by atoms with E-state index >= 15 is 0 Å². The Morgan fingerprint density at radius 2 is 1.86 bits per heavy atom. The lowest BCUT2D eigenvalue weighted by atomic mass is 10.1. The van der Waals surface area contributed by atoms with E-state index in [2.05, 4.69) is 34.6 Å². The molecule has 3 aromatic rings. The van der Waals surface area contributed by atoms with E-state index < -0.39 is 0 Å². The number of amides is 1. The maximum absolute atomic E-state index is 11.9. The molecule has 1 aromatic heterocycles. The summed E-state index contributed by atoms with van der Waals surface area (Å²) in [6, 6.07) is 18.2. The fraction of sp³-hybridized carbons (Fsp3) is 0.167. The highest BCUT2D eigenvalue weighted by molar-refractivity contribution is 5.80. The van der Waals surface area contributed by atoms with E-state index in [0.29, 0.717) is 13.0 Å². The van der Waals surface area contributed by atoms with Crippen LogP contribution in [0, 0.1) is 0 Å². The molecular weight excluding hydrogens is 260 g/mol. The molecule has 3 rings (SSSR count). The van der Waals surface area contributed by atoms with Gasteiger partial charge in [0.15, 0.2) is 0 Å². The standard InChI is InChI=1S/C18H18N2O/c21-18(13-14-4-2-1-3-5-14)20-10-8-15-6-7-17-16(12-15)9-11-19-17/h1-7,9,11-12,19H,8,10,13H2,(H,20,21). The predicted molar refractivity (Wildman–Crippen MR) is 85.2 cm³/mol. The zero-order valence-corrected chi connectivity index (χ0v) is 11.8. The number of carbonyl (C=O) groups is 1. The highest BCUT2D eigenvalue weighted by atomic mass is 16.1. The molecule has 0 unspecified atom stereocenters. The van der Waals surface area contributed by atoms with Gasteiger partial charge in [-0.1, -0.05) is 36.4 Å². The summed E-state index contributed by atoms with van der Waals surface area (Å²) in [7, 11) is 0. The van der Waals surface area contributed by atoms with Crippen molar-refractivity contribution < 1.29 is 4.79 Å². The maximum atomic E-state index is 11.9. The molecule has 0 bridgehead atoms. The molecule has 0 fully saturated rings. The van der Waals surface area contributed by atoms with Crippen LogP contribution in [0.15, 0.2) is 60.8 Å². The van der Waals surface area contributed by atoms with Crippen LogP contribution >= 0.6 is 0 Å². The third-order valence-electron chi connectivity index (χ3n) is 3.56. The van der Waals surface area contributed by atoms with E-state index in [0.717, 1.165) is 17.5 Å². The van der Waals surface area contributed by atoms with Crippen molar-refractivity contribution in [3.63, 3.8) is 0 Å². The fourth-order valence-corrected chi connectivity index (χ4v) is 2.45. The SMILES string of the molecule is O=C(Cc1ccccc1)NCCc1ccc2[nH]ccc2c1. The van der Waals surface area contributed by atoms with Gasteiger partial charge in [0.2, 0.25) is 5.91 Å². The lowest BCUT2D eigenvalue weighted by Crippen LogP contribution is -2.27. The Bertz CT molecular complexity index is 731. The second-order valence-corrected chi connectivity index (χ2v) is 5.16. The van der Waals surface area contributed by atoms with E-state index in [4.69, 9.17) is 0 Å². The normalized spacial score (nSPS) is 10.7. The molecular formula is C18H18N2O. The minimum atomic E-state index is 0.0731. The number of carbonyl (C=O) groups excluding carboxylic acids is 1. The molecule has 106 valence electrons. The van der Waals surface area contributed by atoms with Crippen molar-refractivity contribution >= 4 is 16.8 Å². The molecule has 3 nitrogen and oxygen atoms in total. The first-order chi connectivity index (χ1) is 10.3. The molecule has 3 heteroatoms. The Morgan fingerprint density at radius 1 is 1.00 bits per heavy atom. The van der Waals surface area contributed by atoms with Crippen LogP contribution in [0.3, 0.4) is 0 Å². The van der Waals surface area contributed by atoms with Gasteiger partial charge >= 0.3 is 0 Å². The summed E-state index contributed by atoms with van der Waals surface area (Å²) in [5.74, 6) is 0.0731. The Labute approximate surface area is 124 Å². The van der Waals surface area contributed by atoms with Gasteiger partial charge in [-0.2, -0.15) is 0 Å². The maximum Gasteiger partial charge on any atom is 0.224 e. The van der Waals surface area contributed by atoms with E-state index in [1.807, 2.05) is 36.5 Å². The third kappa shape index (κ3) is 3.51. The summed E-state index contributed by atoms with van der Waals surface area (Å²) in [5.41, 5.74) is 3.43. The number of aromatic amines is 1. The summed E-state index contributed by atoms with van der Waals surface area (Å²) in [6.07, 6.45) is 3.23. The second kappa shape index (κ2) is 6.27. The fourth-order valence-electron chi connectivity index (χ4n) is 2.45. The molecule has 0 radical (unpaired) electrons. The van der Waals surface area contributed by atoms with Crippen LogP contribution in [-0.4, -0.2) is 17.4 Å². The van der Waals surface area contributed by atoms with E-state index in [1.165, 1.54) is 10.9 Å². The lowest BCUT2D eigenvalue weighted by molar-refractivity contribution is -0.120. The molecule has 1 heterocycles. The molecule has 0 aliphatic carbocycles. The van der Waals surface area contributed by atoms with Crippen LogP contribution in [0.1, 0.15) is 11.1 Å². The second-order valence-electron chi connectivity index (χ2n) is 5.16. The van der Waals surface area contributed by atoms with Gasteiger partial charge in [0.05, 0.1) is 6.42 Å². The van der Waals surface area contributed by atoms with Gasteiger partial charge in [-0.3, -0.25) is 4.79 Å². The Hall–Kier alpha value is -2.55. The van der Waals surface area contributed by atoms with Crippen LogP contribution < -0.4 is 5.32 Å². The highest BCUT2D eigenvalue weighted by Gasteiger charge is 2.03. The largest absolute Gasteiger partial charge is 0.361 e. The zero-order chi connectivity index (χ0) is 14.5. The number of aromatic nitrogens is 1. The van der Waals surface area contributed by atoms with E-state index in [9.17, 15) is 4.79 Å². The highest BCUT2D eigenvalue weighted by Crippen LogP contribution is 2.14. The Kier molecular flexibility index (Phi) is 4.01. The average Bonchev–Trinajstić information content (AvgIpc) is 2.96. The third-order valence-corrected chi connectivity index (χ3v) is 3.56. The first-order valence-electron chi connectivity index (χ1n) is 7.18. The van der Waals surface area contributed by atoms with Crippen molar-refractivity contribution in [2.24, 2.45) is 0 Å². The zero-order valence-electron chi connectivity index (χ0n) is 11.8. The number of benzene rings is 2. The summed E-state index contributed by atoms with van der Waals surface area (Å²) in [6.45, 7) is 0.668. The quantitative estimate of drug-likeness (QED) is 0.740. The van der Waals surface area contributed by atoms with Crippen molar-refractivity contribution in [2.45, 2.75) is 12.8 Å². The molecule has 0 atom stereocenters. The van der Waals surface area contributed by atoms with Crippen molar-refractivity contribution in [1.29, 1.82) is 0 Å². The van der Waals surface area contributed by atoms with Crippen molar-refractivity contribution in [3.8, 4) is 0 Å². The van der Waals surface area contributed by atoms with Crippen LogP contribution in [0.4, 0.5) is 0 Å². The predicted octanol–water partition coefficient (Wildman–Crippen LogP) is 3.07. The van der Waals surface area contributed by atoms with Gasteiger partial charge in [0.1, 0.15) is 0 Å². The van der Waals surface area contributed by atoms with Gasteiger partial charge in [0.25, 0.3) is 0 Å². The van der Waals surface area contributed by atoms with Crippen molar-refractivity contribution in [3.05, 3.63) is 71.9 Å². The molecule has 1 amide bonds. The smallest absolute Gasteiger partial charge is 0.224 e. The van der Waals surface area contributed by atoms with Crippen molar-refractivity contribution in [1.82, 2.24) is 10.3 Å². The van der Waals surface area contributed by atoms with Crippen LogP contribution in [-0.2, 0) is 17.6 Å². The number of hydrogen-bond donors (Lipinski definition) is 2. The average molecular weight is 278 g/mol. The van der Waals surface area contributed by atoms with E-state index in [1.54, 1.807) is 0 Å². The number of hydrogen-bond acceptors (Lipinski definition) is 1. The van der Waals surface area contributed by atoms with E-state index in [-0.39, 0.29) is 5.91 Å². The molecule has 0 saturated heterocycles. The Balaban J connectivity index is 1.50. The Morgan fingerprint density at radius 3 is 2.71 bits per heavy atom. The molecule has 0 aliphatic heterocycles. The van der Waals surface area contributed by atoms with Gasteiger partial charge in [-0.25, -0.2) is 0 Å². The van der Waals surface area contributed by atoms with Gasteiger partial charge in [-0.05, 0) is 41.1 Å². The topological polar surface area (TPSA) is 44.9 Å². The number of rotatable bonds is 5. The van der Waals surface area contributed by atoms with Crippen LogP contribution in [0.25, 0.3) is 10.9 Å². The van der Waals surface area contributed by atoms with Gasteiger partial charge < -0.3 is 10.3 Å². The number of nitrogens with one attached hydrogen (secondary N) is 2. The molecule has 21 heavy (non-hydrogen) atoms. The van der Waals surface area contributed by atoms with Gasteiger partial charge in [0, 0.05) is 18.3 Å². The van der Waals surface area contributed by atoms with Gasteiger partial charge in [-0.15, -0.1) is 0 Å². The summed E-state index contributed by atoms with van der Waals surface area (Å²) < 4.78 is 0. The molecule has 0 saturated carbocycles. The summed E-state index contributed by atoms with van der Waals surface area (Å²) in [5, 5.41) is 4.19. The first kappa shape index (κ1) is 13.4. The first-order valence-corrected chi connectivity index (χ1v) is 7.18. The molecule has 2 N–H and O–H groups in total. The minimum Gasteiger partial charge on any atom is -0.361 e. The summed E-state index contributed by atoms with van der Waals surface area (Å²) >= 11 is 0. The minimum absolute atomic E-state index is 0.0731. The molecule has 0 aliphatic rings. The number of H-pyrrole nitrogens is 1. The van der Waals surface area contributed by atoms with Crippen LogP contribution in [0.2, 0.25) is 0 Å². The summed E-state index contributed by atoms with van der Waals surface area (Å²) in [4.78, 5) is 15.0. The number of fused-ring (bicyclic) bond motifs is 1. The van der Waals surface area contributed by atoms with Crippen molar-refractivity contribution in [2.75, 3.05) is 6.54 Å². The molecule has 0 spiro atoms. The van der Waals surface area contributed by atoms with Crippen LogP contribution in [0.5, 0.6) is 0 Å². The molecule has 2 aromatic carbocycles.